The fraction of sp³-hybridized carbons (Fsp3) is 0.800. The lowest BCUT2D eigenvalue weighted by atomic mass is 9.84. The number of carbonyl (C=O) groups is 3. The summed E-state index contributed by atoms with van der Waals surface area (Å²) >= 11 is 0. The summed E-state index contributed by atoms with van der Waals surface area (Å²) in [5, 5.41) is 14.0. The smallest absolute Gasteiger partial charge is 0.405 e. The number of nitrogens with zero attached hydrogens (tertiary/aromatic N) is 1. The summed E-state index contributed by atoms with van der Waals surface area (Å²) in [6.45, 7) is 2.98. The van der Waals surface area contributed by atoms with Crippen molar-refractivity contribution in [2.75, 3.05) is 19.8 Å². The Morgan fingerprint density at radius 1 is 1.25 bits per heavy atom. The quantitative estimate of drug-likeness (QED) is 0.646. The Labute approximate surface area is 139 Å². The van der Waals surface area contributed by atoms with Crippen LogP contribution in [0.15, 0.2) is 0 Å². The standard InChI is InChI=1S/C15H23N3O6/c1-9(19)16-11-8-15(23-6-7-24-15)4-2-12(11)18-5-3-10(13(18)20)17-14(21)22/h10-12,17H,2-8H2,1H3,(H,16,19)(H,21,22)/t10-,11-,12-/m0/s1. The predicted octanol–water partition coefficient (Wildman–Crippen LogP) is -0.345. The van der Waals surface area contributed by atoms with E-state index in [0.717, 1.165) is 0 Å². The van der Waals surface area contributed by atoms with Gasteiger partial charge in [-0.05, 0) is 12.8 Å². The summed E-state index contributed by atoms with van der Waals surface area (Å²) in [6, 6.07) is -1.17. The average Bonchev–Trinajstić information content (AvgIpc) is 3.08. The zero-order valence-electron chi connectivity index (χ0n) is 13.6. The molecule has 3 aliphatic rings. The van der Waals surface area contributed by atoms with Crippen molar-refractivity contribution in [1.29, 1.82) is 0 Å². The third-order valence-corrected chi connectivity index (χ3v) is 4.96. The number of carbonyl (C=O) groups excluding carboxylic acids is 2. The van der Waals surface area contributed by atoms with Crippen LogP contribution < -0.4 is 10.6 Å². The maximum absolute atomic E-state index is 12.5. The second-order valence-electron chi connectivity index (χ2n) is 6.55. The summed E-state index contributed by atoms with van der Waals surface area (Å²) < 4.78 is 11.5. The molecule has 9 heteroatoms. The van der Waals surface area contributed by atoms with Gasteiger partial charge >= 0.3 is 6.09 Å². The molecule has 0 aromatic rings. The molecule has 3 rings (SSSR count). The molecule has 0 aromatic carbocycles. The Balaban J connectivity index is 1.72. The van der Waals surface area contributed by atoms with Crippen molar-refractivity contribution in [2.24, 2.45) is 0 Å². The van der Waals surface area contributed by atoms with Crippen molar-refractivity contribution >= 4 is 17.9 Å². The molecule has 0 unspecified atom stereocenters. The molecule has 1 spiro atoms. The highest BCUT2D eigenvalue weighted by atomic mass is 16.7. The maximum atomic E-state index is 12.5. The van der Waals surface area contributed by atoms with Gasteiger partial charge in [0.05, 0.1) is 25.3 Å². The first kappa shape index (κ1) is 17.0. The molecule has 3 amide bonds. The predicted molar refractivity (Wildman–Crippen MR) is 81.2 cm³/mol. The van der Waals surface area contributed by atoms with Gasteiger partial charge in [-0.15, -0.1) is 0 Å². The van der Waals surface area contributed by atoms with Crippen molar-refractivity contribution < 1.29 is 29.0 Å². The average molecular weight is 341 g/mol. The molecule has 3 fully saturated rings. The van der Waals surface area contributed by atoms with Crippen LogP contribution in [0.5, 0.6) is 0 Å². The molecule has 2 saturated heterocycles. The summed E-state index contributed by atoms with van der Waals surface area (Å²) in [5.41, 5.74) is 0. The molecule has 3 N–H and O–H groups in total. The van der Waals surface area contributed by atoms with E-state index in [9.17, 15) is 14.4 Å². The lowest BCUT2D eigenvalue weighted by Crippen LogP contribution is -2.59. The van der Waals surface area contributed by atoms with Gasteiger partial charge < -0.3 is 30.1 Å². The van der Waals surface area contributed by atoms with Gasteiger partial charge in [0.2, 0.25) is 11.8 Å². The summed E-state index contributed by atoms with van der Waals surface area (Å²) in [6.07, 6.45) is 0.999. The largest absolute Gasteiger partial charge is 0.465 e. The molecular weight excluding hydrogens is 318 g/mol. The first-order chi connectivity index (χ1) is 11.4. The Morgan fingerprint density at radius 2 is 1.96 bits per heavy atom. The van der Waals surface area contributed by atoms with Crippen LogP contribution in [0.1, 0.15) is 32.6 Å². The van der Waals surface area contributed by atoms with Crippen LogP contribution in [-0.2, 0) is 19.1 Å². The molecule has 2 heterocycles. The Hall–Kier alpha value is -1.87. The van der Waals surface area contributed by atoms with Crippen LogP contribution in [0, 0.1) is 0 Å². The van der Waals surface area contributed by atoms with E-state index in [2.05, 4.69) is 10.6 Å². The fourth-order valence-corrected chi connectivity index (χ4v) is 4.00. The summed E-state index contributed by atoms with van der Waals surface area (Å²) in [7, 11) is 0. The minimum Gasteiger partial charge on any atom is -0.465 e. The molecule has 24 heavy (non-hydrogen) atoms. The highest BCUT2D eigenvalue weighted by Gasteiger charge is 2.49. The molecule has 3 atom stereocenters. The summed E-state index contributed by atoms with van der Waals surface area (Å²) in [5.74, 6) is -1.08. The van der Waals surface area contributed by atoms with Gasteiger partial charge in [0.1, 0.15) is 6.04 Å². The number of nitrogens with one attached hydrogen (secondary N) is 2. The van der Waals surface area contributed by atoms with Crippen LogP contribution >= 0.6 is 0 Å². The van der Waals surface area contributed by atoms with Gasteiger partial charge in [-0.1, -0.05) is 0 Å². The molecule has 0 aromatic heterocycles. The van der Waals surface area contributed by atoms with Gasteiger partial charge in [-0.2, -0.15) is 0 Å². The summed E-state index contributed by atoms with van der Waals surface area (Å²) in [4.78, 5) is 36.6. The van der Waals surface area contributed by atoms with Crippen molar-refractivity contribution in [3.05, 3.63) is 0 Å². The molecule has 1 aliphatic carbocycles. The van der Waals surface area contributed by atoms with Crippen LogP contribution in [0.3, 0.4) is 0 Å². The monoisotopic (exact) mass is 341 g/mol. The van der Waals surface area contributed by atoms with E-state index in [0.29, 0.717) is 45.4 Å². The van der Waals surface area contributed by atoms with E-state index in [4.69, 9.17) is 14.6 Å². The van der Waals surface area contributed by atoms with Gasteiger partial charge in [0, 0.05) is 26.3 Å². The molecule has 1 saturated carbocycles. The van der Waals surface area contributed by atoms with Crippen molar-refractivity contribution in [2.45, 2.75) is 56.5 Å². The first-order valence-corrected chi connectivity index (χ1v) is 8.25. The third-order valence-electron chi connectivity index (χ3n) is 4.96. The van der Waals surface area contributed by atoms with Gasteiger partial charge in [-0.3, -0.25) is 9.59 Å². The number of likely N-dealkylation sites (tertiary alicyclic amines) is 1. The van der Waals surface area contributed by atoms with Crippen molar-refractivity contribution in [3.8, 4) is 0 Å². The van der Waals surface area contributed by atoms with Crippen molar-refractivity contribution in [1.82, 2.24) is 15.5 Å². The zero-order chi connectivity index (χ0) is 17.3. The molecule has 0 bridgehead atoms. The minimum absolute atomic E-state index is 0.174. The maximum Gasteiger partial charge on any atom is 0.405 e. The second-order valence-corrected chi connectivity index (χ2v) is 6.55. The number of carboxylic acid groups (broad SMARTS) is 1. The second kappa shape index (κ2) is 6.56. The topological polar surface area (TPSA) is 117 Å². The fourth-order valence-electron chi connectivity index (χ4n) is 4.00. The zero-order valence-corrected chi connectivity index (χ0v) is 13.6. The van der Waals surface area contributed by atoms with E-state index < -0.39 is 17.9 Å². The van der Waals surface area contributed by atoms with E-state index in [1.54, 1.807) is 4.90 Å². The number of hydrogen-bond acceptors (Lipinski definition) is 5. The highest BCUT2D eigenvalue weighted by Crippen LogP contribution is 2.38. The normalized spacial score (nSPS) is 32.1. The Morgan fingerprint density at radius 3 is 2.58 bits per heavy atom. The SMILES string of the molecule is CC(=O)N[C@H]1CC2(CC[C@@H]1N1CC[C@H](NC(=O)O)C1=O)OCCO2. The van der Waals surface area contributed by atoms with Gasteiger partial charge in [0.15, 0.2) is 5.79 Å². The van der Waals surface area contributed by atoms with E-state index in [1.165, 1.54) is 6.92 Å². The van der Waals surface area contributed by atoms with Crippen LogP contribution in [0.2, 0.25) is 0 Å². The van der Waals surface area contributed by atoms with Crippen molar-refractivity contribution in [3.63, 3.8) is 0 Å². The molecule has 134 valence electrons. The van der Waals surface area contributed by atoms with Crippen LogP contribution in [0.4, 0.5) is 4.79 Å². The lowest BCUT2D eigenvalue weighted by molar-refractivity contribution is -0.191. The van der Waals surface area contributed by atoms with E-state index in [-0.39, 0.29) is 23.9 Å². The van der Waals surface area contributed by atoms with Gasteiger partial charge in [0.25, 0.3) is 0 Å². The molecule has 2 aliphatic heterocycles. The number of rotatable bonds is 3. The molecular formula is C15H23N3O6. The molecule has 0 radical (unpaired) electrons. The van der Waals surface area contributed by atoms with Crippen LogP contribution in [-0.4, -0.2) is 71.6 Å². The minimum atomic E-state index is -1.20. The Bertz CT molecular complexity index is 533. The lowest BCUT2D eigenvalue weighted by Gasteiger charge is -2.44. The third kappa shape index (κ3) is 3.32. The molecule has 9 nitrogen and oxygen atoms in total. The Kier molecular flexibility index (Phi) is 4.64. The first-order valence-electron chi connectivity index (χ1n) is 8.25. The van der Waals surface area contributed by atoms with E-state index >= 15 is 0 Å². The number of ether oxygens (including phenoxy) is 2. The van der Waals surface area contributed by atoms with Gasteiger partial charge in [-0.25, -0.2) is 4.79 Å². The number of amides is 3. The number of hydrogen-bond donors (Lipinski definition) is 3. The highest BCUT2D eigenvalue weighted by molar-refractivity contribution is 5.87. The van der Waals surface area contributed by atoms with E-state index in [1.807, 2.05) is 0 Å². The van der Waals surface area contributed by atoms with Crippen LogP contribution in [0.25, 0.3) is 0 Å².